The van der Waals surface area contributed by atoms with E-state index in [4.69, 9.17) is 11.6 Å². The van der Waals surface area contributed by atoms with Crippen LogP contribution >= 0.6 is 27.5 Å². The monoisotopic (exact) mass is 382 g/mol. The Morgan fingerprint density at radius 1 is 0.739 bits per heavy atom. The van der Waals surface area contributed by atoms with Crippen LogP contribution in [0, 0.1) is 0 Å². The summed E-state index contributed by atoms with van der Waals surface area (Å²) in [5.74, 6) is 0.169. The summed E-state index contributed by atoms with van der Waals surface area (Å²) in [6, 6.07) is 28.9. The first kappa shape index (κ1) is 16.0. The van der Waals surface area contributed by atoms with E-state index in [9.17, 15) is 0 Å². The van der Waals surface area contributed by atoms with Crippen molar-refractivity contribution in [2.45, 2.75) is 5.92 Å². The average Bonchev–Trinajstić information content (AvgIpc) is 2.62. The van der Waals surface area contributed by atoms with Gasteiger partial charge in [-0.1, -0.05) is 106 Å². The van der Waals surface area contributed by atoms with E-state index in [1.165, 1.54) is 16.7 Å². The maximum absolute atomic E-state index is 6.04. The summed E-state index contributed by atoms with van der Waals surface area (Å²) < 4.78 is 1.09. The Morgan fingerprint density at radius 2 is 1.26 bits per heavy atom. The fourth-order valence-electron chi connectivity index (χ4n) is 2.56. The fourth-order valence-corrected chi connectivity index (χ4v) is 3.21. The molecule has 0 aliphatic carbocycles. The molecule has 3 rings (SSSR count). The zero-order chi connectivity index (χ0) is 16.1. The number of benzene rings is 3. The number of allylic oxidation sites excluding steroid dienone is 1. The first-order valence-electron chi connectivity index (χ1n) is 7.47. The molecule has 0 heterocycles. The van der Waals surface area contributed by atoms with Crippen molar-refractivity contribution in [2.24, 2.45) is 0 Å². The third kappa shape index (κ3) is 4.13. The molecule has 0 amide bonds. The van der Waals surface area contributed by atoms with Crippen LogP contribution in [0.3, 0.4) is 0 Å². The van der Waals surface area contributed by atoms with Gasteiger partial charge in [-0.2, -0.15) is 0 Å². The predicted molar refractivity (Wildman–Crippen MR) is 103 cm³/mol. The molecule has 0 aliphatic rings. The van der Waals surface area contributed by atoms with Crippen molar-refractivity contribution in [1.82, 2.24) is 0 Å². The Labute approximate surface area is 150 Å². The van der Waals surface area contributed by atoms with Gasteiger partial charge in [0.1, 0.15) is 0 Å². The van der Waals surface area contributed by atoms with Crippen LogP contribution in [0.5, 0.6) is 0 Å². The summed E-state index contributed by atoms with van der Waals surface area (Å²) in [6.07, 6.45) is 2.24. The zero-order valence-corrected chi connectivity index (χ0v) is 14.8. The smallest absolute Gasteiger partial charge is 0.0406 e. The molecule has 3 aromatic carbocycles. The highest BCUT2D eigenvalue weighted by Crippen LogP contribution is 2.32. The molecule has 23 heavy (non-hydrogen) atoms. The summed E-state index contributed by atoms with van der Waals surface area (Å²) in [4.78, 5) is 0. The van der Waals surface area contributed by atoms with Gasteiger partial charge in [0, 0.05) is 15.4 Å². The summed E-state index contributed by atoms with van der Waals surface area (Å²) in [7, 11) is 0. The summed E-state index contributed by atoms with van der Waals surface area (Å²) in [6.45, 7) is 0. The van der Waals surface area contributed by atoms with E-state index in [-0.39, 0.29) is 5.92 Å². The summed E-state index contributed by atoms with van der Waals surface area (Å²) >= 11 is 9.77. The molecule has 3 aromatic rings. The molecule has 0 aromatic heterocycles. The lowest BCUT2D eigenvalue weighted by molar-refractivity contribution is 1.03. The van der Waals surface area contributed by atoms with Gasteiger partial charge in [-0.25, -0.2) is 0 Å². The zero-order valence-electron chi connectivity index (χ0n) is 12.5. The maximum atomic E-state index is 6.04. The largest absolute Gasteiger partial charge is 0.0843 e. The molecule has 1 unspecified atom stereocenters. The van der Waals surface area contributed by atoms with Crippen molar-refractivity contribution < 1.29 is 0 Å². The lowest BCUT2D eigenvalue weighted by Crippen LogP contribution is -1.98. The van der Waals surface area contributed by atoms with Crippen LogP contribution in [0.1, 0.15) is 22.6 Å². The highest BCUT2D eigenvalue weighted by atomic mass is 79.9. The van der Waals surface area contributed by atoms with Crippen LogP contribution in [0.15, 0.2) is 91.0 Å². The molecule has 0 bridgehead atoms. The Balaban J connectivity index is 2.04. The van der Waals surface area contributed by atoms with Crippen LogP contribution in [-0.2, 0) is 0 Å². The minimum atomic E-state index is 0.169. The van der Waals surface area contributed by atoms with Gasteiger partial charge in [-0.05, 0) is 28.8 Å². The van der Waals surface area contributed by atoms with Crippen LogP contribution in [-0.4, -0.2) is 0 Å². The van der Waals surface area contributed by atoms with Crippen molar-refractivity contribution in [2.75, 3.05) is 0 Å². The lowest BCUT2D eigenvalue weighted by atomic mass is 9.90. The minimum Gasteiger partial charge on any atom is -0.0843 e. The van der Waals surface area contributed by atoms with E-state index < -0.39 is 0 Å². The average molecular weight is 384 g/mol. The van der Waals surface area contributed by atoms with Crippen molar-refractivity contribution in [1.29, 1.82) is 0 Å². The number of halogens is 2. The number of rotatable bonds is 4. The molecule has 0 aliphatic heterocycles. The highest BCUT2D eigenvalue weighted by Gasteiger charge is 2.12. The molecule has 0 saturated carbocycles. The quantitative estimate of drug-likeness (QED) is 0.459. The van der Waals surface area contributed by atoms with E-state index in [1.54, 1.807) is 0 Å². The van der Waals surface area contributed by atoms with E-state index >= 15 is 0 Å². The van der Waals surface area contributed by atoms with Gasteiger partial charge < -0.3 is 0 Å². The molecule has 0 radical (unpaired) electrons. The summed E-state index contributed by atoms with van der Waals surface area (Å²) in [5, 5.41) is 0.756. The van der Waals surface area contributed by atoms with Crippen LogP contribution in [0.4, 0.5) is 0 Å². The van der Waals surface area contributed by atoms with Gasteiger partial charge in [-0.15, -0.1) is 0 Å². The Hall–Kier alpha value is -1.83. The van der Waals surface area contributed by atoms with Gasteiger partial charge in [0.25, 0.3) is 0 Å². The Kier molecular flexibility index (Phi) is 5.32. The standard InChI is InChI=1S/C21H16BrCl/c22-21(18-9-5-2-6-10-18)15-20(16-7-3-1-4-8-16)17-11-13-19(23)14-12-17/h1-15,20H/b21-15+. The second kappa shape index (κ2) is 7.63. The Bertz CT molecular complexity index is 777. The summed E-state index contributed by atoms with van der Waals surface area (Å²) in [5.41, 5.74) is 3.64. The normalized spacial score (nSPS) is 12.9. The van der Waals surface area contributed by atoms with Crippen molar-refractivity contribution in [3.63, 3.8) is 0 Å². The SMILES string of the molecule is Clc1ccc(C(/C=C(/Br)c2ccccc2)c2ccccc2)cc1. The third-order valence-corrected chi connectivity index (χ3v) is 4.72. The second-order valence-electron chi connectivity index (χ2n) is 5.32. The fraction of sp³-hybridized carbons (Fsp3) is 0.0476. The first-order valence-corrected chi connectivity index (χ1v) is 8.64. The molecule has 0 saturated heterocycles. The van der Waals surface area contributed by atoms with Gasteiger partial charge in [0.05, 0.1) is 0 Å². The second-order valence-corrected chi connectivity index (χ2v) is 6.61. The van der Waals surface area contributed by atoms with Crippen LogP contribution in [0.2, 0.25) is 5.02 Å². The molecular weight excluding hydrogens is 368 g/mol. The number of hydrogen-bond donors (Lipinski definition) is 0. The predicted octanol–water partition coefficient (Wildman–Crippen LogP) is 6.91. The minimum absolute atomic E-state index is 0.169. The third-order valence-electron chi connectivity index (χ3n) is 3.75. The molecule has 2 heteroatoms. The van der Waals surface area contributed by atoms with E-state index in [2.05, 4.69) is 70.5 Å². The van der Waals surface area contributed by atoms with E-state index in [0.29, 0.717) is 0 Å². The van der Waals surface area contributed by atoms with Gasteiger partial charge in [-0.3, -0.25) is 0 Å². The van der Waals surface area contributed by atoms with Crippen molar-refractivity contribution in [3.05, 3.63) is 113 Å². The number of hydrogen-bond acceptors (Lipinski definition) is 0. The molecule has 1 atom stereocenters. The van der Waals surface area contributed by atoms with Gasteiger partial charge in [0.2, 0.25) is 0 Å². The molecule has 0 spiro atoms. The van der Waals surface area contributed by atoms with Crippen LogP contribution in [0.25, 0.3) is 4.48 Å². The lowest BCUT2D eigenvalue weighted by Gasteiger charge is -2.15. The molecule has 0 N–H and O–H groups in total. The molecule has 0 nitrogen and oxygen atoms in total. The van der Waals surface area contributed by atoms with Crippen molar-refractivity contribution in [3.8, 4) is 0 Å². The van der Waals surface area contributed by atoms with Gasteiger partial charge in [0.15, 0.2) is 0 Å². The van der Waals surface area contributed by atoms with Gasteiger partial charge >= 0.3 is 0 Å². The molecule has 114 valence electrons. The van der Waals surface area contributed by atoms with E-state index in [0.717, 1.165) is 9.51 Å². The molecular formula is C21H16BrCl. The van der Waals surface area contributed by atoms with E-state index in [1.807, 2.05) is 36.4 Å². The highest BCUT2D eigenvalue weighted by molar-refractivity contribution is 9.15. The van der Waals surface area contributed by atoms with Crippen molar-refractivity contribution >= 4 is 32.0 Å². The first-order chi connectivity index (χ1) is 11.2. The maximum Gasteiger partial charge on any atom is 0.0406 e. The van der Waals surface area contributed by atoms with Crippen LogP contribution < -0.4 is 0 Å². The topological polar surface area (TPSA) is 0 Å². The molecule has 0 fully saturated rings. The Morgan fingerprint density at radius 3 is 1.87 bits per heavy atom.